The fourth-order valence-electron chi connectivity index (χ4n) is 2.26. The summed E-state index contributed by atoms with van der Waals surface area (Å²) in [4.78, 5) is 4.39. The number of rotatable bonds is 5. The highest BCUT2D eigenvalue weighted by atomic mass is 15.3. The van der Waals surface area contributed by atoms with Gasteiger partial charge in [-0.15, -0.1) is 0 Å². The number of hydrogen-bond acceptors (Lipinski definition) is 3. The molecule has 0 aliphatic rings. The molecule has 2 N–H and O–H groups in total. The number of aromatic nitrogens is 3. The van der Waals surface area contributed by atoms with Crippen LogP contribution in [0.5, 0.6) is 0 Å². The highest BCUT2D eigenvalue weighted by molar-refractivity contribution is 6.35. The predicted octanol–water partition coefficient (Wildman–Crippen LogP) is 2.70. The molecule has 0 aliphatic carbocycles. The molecule has 0 saturated carbocycles. The lowest BCUT2D eigenvalue weighted by Crippen LogP contribution is -2.04. The average Bonchev–Trinajstić information content (AvgIpc) is 2.67. The molecule has 2 rings (SSSR count). The summed E-state index contributed by atoms with van der Waals surface area (Å²) in [5, 5.41) is 4.61. The Kier molecular flexibility index (Phi) is 4.25. The SMILES string of the molecule is CC[B]CCn1nc(C)c(-c2ccc(N)cn2)c1C. The molecule has 0 spiro atoms. The smallest absolute Gasteiger partial charge is 0.111 e. The van der Waals surface area contributed by atoms with Crippen molar-refractivity contribution >= 4 is 13.0 Å². The molecular formula is C14H20BN4. The highest BCUT2D eigenvalue weighted by Crippen LogP contribution is 2.25. The summed E-state index contributed by atoms with van der Waals surface area (Å²) >= 11 is 0. The molecule has 0 atom stereocenters. The van der Waals surface area contributed by atoms with E-state index in [-0.39, 0.29) is 0 Å². The summed E-state index contributed by atoms with van der Waals surface area (Å²) < 4.78 is 2.06. The molecule has 1 radical (unpaired) electrons. The molecule has 4 nitrogen and oxygen atoms in total. The molecule has 2 aromatic heterocycles. The number of nitrogens with zero attached hydrogens (tertiary/aromatic N) is 3. The van der Waals surface area contributed by atoms with Gasteiger partial charge in [0.1, 0.15) is 7.28 Å². The van der Waals surface area contributed by atoms with Gasteiger partial charge in [-0.25, -0.2) is 0 Å². The van der Waals surface area contributed by atoms with Gasteiger partial charge in [-0.05, 0) is 26.0 Å². The zero-order valence-electron chi connectivity index (χ0n) is 11.8. The van der Waals surface area contributed by atoms with Crippen LogP contribution in [0, 0.1) is 13.8 Å². The molecule has 0 aromatic carbocycles. The van der Waals surface area contributed by atoms with Gasteiger partial charge in [0.15, 0.2) is 0 Å². The molecule has 5 heteroatoms. The van der Waals surface area contributed by atoms with E-state index in [2.05, 4.69) is 35.9 Å². The standard InChI is InChI=1S/C14H20BN4/c1-4-15-7-8-19-11(3)14(10(2)18-19)13-6-5-12(16)9-17-13/h5-6,9H,4,7-8,16H2,1-3H3. The van der Waals surface area contributed by atoms with Crippen molar-refractivity contribution < 1.29 is 0 Å². The lowest BCUT2D eigenvalue weighted by atomic mass is 9.72. The van der Waals surface area contributed by atoms with E-state index in [1.807, 2.05) is 19.1 Å². The molecular weight excluding hydrogens is 235 g/mol. The summed E-state index contributed by atoms with van der Waals surface area (Å²) in [7, 11) is 2.28. The van der Waals surface area contributed by atoms with Crippen molar-refractivity contribution in [2.45, 2.75) is 40.0 Å². The number of anilines is 1. The minimum Gasteiger partial charge on any atom is -0.397 e. The maximum atomic E-state index is 5.68. The lowest BCUT2D eigenvalue weighted by molar-refractivity contribution is 0.632. The van der Waals surface area contributed by atoms with Crippen LogP contribution in [0.3, 0.4) is 0 Å². The number of aryl methyl sites for hydroxylation is 2. The Morgan fingerprint density at radius 2 is 2.11 bits per heavy atom. The van der Waals surface area contributed by atoms with Crippen LogP contribution in [0.4, 0.5) is 5.69 Å². The van der Waals surface area contributed by atoms with Gasteiger partial charge in [-0.3, -0.25) is 9.67 Å². The third-order valence-electron chi connectivity index (χ3n) is 3.26. The van der Waals surface area contributed by atoms with Crippen LogP contribution in [0.1, 0.15) is 18.3 Å². The number of hydrogen-bond donors (Lipinski definition) is 1. The second kappa shape index (κ2) is 5.91. The normalized spacial score (nSPS) is 10.7. The van der Waals surface area contributed by atoms with Crippen LogP contribution in [-0.2, 0) is 6.54 Å². The summed E-state index contributed by atoms with van der Waals surface area (Å²) in [6, 6.07) is 3.83. The lowest BCUT2D eigenvalue weighted by Gasteiger charge is -2.05. The summed E-state index contributed by atoms with van der Waals surface area (Å²) in [6.07, 6.45) is 3.84. The molecule has 2 heterocycles. The van der Waals surface area contributed by atoms with E-state index in [4.69, 9.17) is 5.73 Å². The first-order valence-corrected chi connectivity index (χ1v) is 6.71. The van der Waals surface area contributed by atoms with Gasteiger partial charge in [0.2, 0.25) is 0 Å². The first-order valence-electron chi connectivity index (χ1n) is 6.71. The van der Waals surface area contributed by atoms with Crippen molar-refractivity contribution in [2.75, 3.05) is 5.73 Å². The van der Waals surface area contributed by atoms with Crippen LogP contribution in [0.2, 0.25) is 12.6 Å². The van der Waals surface area contributed by atoms with Gasteiger partial charge in [-0.2, -0.15) is 5.10 Å². The van der Waals surface area contributed by atoms with Gasteiger partial charge >= 0.3 is 0 Å². The third-order valence-corrected chi connectivity index (χ3v) is 3.26. The van der Waals surface area contributed by atoms with E-state index in [1.165, 1.54) is 5.69 Å². The molecule has 19 heavy (non-hydrogen) atoms. The van der Waals surface area contributed by atoms with Crippen molar-refractivity contribution in [1.29, 1.82) is 0 Å². The molecule has 0 saturated heterocycles. The van der Waals surface area contributed by atoms with Gasteiger partial charge in [0.05, 0.1) is 23.3 Å². The van der Waals surface area contributed by atoms with Crippen LogP contribution in [-0.4, -0.2) is 22.0 Å². The van der Waals surface area contributed by atoms with E-state index in [0.29, 0.717) is 5.69 Å². The summed E-state index contributed by atoms with van der Waals surface area (Å²) in [5.41, 5.74) is 10.6. The van der Waals surface area contributed by atoms with Gasteiger partial charge in [0, 0.05) is 17.8 Å². The summed E-state index contributed by atoms with van der Waals surface area (Å²) in [5.74, 6) is 0. The maximum Gasteiger partial charge on any atom is 0.111 e. The Morgan fingerprint density at radius 1 is 1.32 bits per heavy atom. The van der Waals surface area contributed by atoms with E-state index in [0.717, 1.165) is 36.1 Å². The maximum absolute atomic E-state index is 5.68. The number of pyridine rings is 1. The van der Waals surface area contributed by atoms with Gasteiger partial charge in [0.25, 0.3) is 0 Å². The Labute approximate surface area is 115 Å². The fourth-order valence-corrected chi connectivity index (χ4v) is 2.26. The van der Waals surface area contributed by atoms with Crippen LogP contribution in [0.25, 0.3) is 11.3 Å². The Morgan fingerprint density at radius 3 is 2.74 bits per heavy atom. The van der Waals surface area contributed by atoms with Crippen LogP contribution >= 0.6 is 0 Å². The van der Waals surface area contributed by atoms with E-state index in [9.17, 15) is 0 Å². The molecule has 0 amide bonds. The van der Waals surface area contributed by atoms with Crippen molar-refractivity contribution in [2.24, 2.45) is 0 Å². The third kappa shape index (κ3) is 2.97. The molecule has 0 aliphatic heterocycles. The topological polar surface area (TPSA) is 56.7 Å². The quantitative estimate of drug-likeness (QED) is 0.660. The Balaban J connectivity index is 2.28. The van der Waals surface area contributed by atoms with Crippen molar-refractivity contribution in [3.05, 3.63) is 29.7 Å². The second-order valence-electron chi connectivity index (χ2n) is 4.73. The molecule has 0 bridgehead atoms. The monoisotopic (exact) mass is 255 g/mol. The first kappa shape index (κ1) is 13.7. The van der Waals surface area contributed by atoms with E-state index < -0.39 is 0 Å². The van der Waals surface area contributed by atoms with Gasteiger partial charge < -0.3 is 5.73 Å². The minimum absolute atomic E-state index is 0.684. The predicted molar refractivity (Wildman–Crippen MR) is 80.4 cm³/mol. The van der Waals surface area contributed by atoms with Crippen LogP contribution < -0.4 is 5.73 Å². The number of nitrogens with two attached hydrogens (primary N) is 1. The zero-order valence-corrected chi connectivity index (χ0v) is 11.8. The fraction of sp³-hybridized carbons (Fsp3) is 0.429. The van der Waals surface area contributed by atoms with Crippen molar-refractivity contribution in [1.82, 2.24) is 14.8 Å². The van der Waals surface area contributed by atoms with E-state index >= 15 is 0 Å². The highest BCUT2D eigenvalue weighted by Gasteiger charge is 2.14. The van der Waals surface area contributed by atoms with Crippen molar-refractivity contribution in [3.63, 3.8) is 0 Å². The minimum atomic E-state index is 0.684. The first-order chi connectivity index (χ1) is 9.13. The Hall–Kier alpha value is -1.78. The second-order valence-corrected chi connectivity index (χ2v) is 4.73. The largest absolute Gasteiger partial charge is 0.397 e. The molecule has 2 aromatic rings. The van der Waals surface area contributed by atoms with Crippen LogP contribution in [0.15, 0.2) is 18.3 Å². The number of nitrogen functional groups attached to an aromatic ring is 1. The summed E-state index contributed by atoms with van der Waals surface area (Å²) in [6.45, 7) is 7.21. The Bertz CT molecular complexity index is 545. The zero-order chi connectivity index (χ0) is 13.8. The molecule has 0 unspecified atom stereocenters. The molecule has 99 valence electrons. The van der Waals surface area contributed by atoms with Crippen molar-refractivity contribution in [3.8, 4) is 11.3 Å². The average molecular weight is 255 g/mol. The van der Waals surface area contributed by atoms with E-state index in [1.54, 1.807) is 6.20 Å². The van der Waals surface area contributed by atoms with Gasteiger partial charge in [-0.1, -0.05) is 19.6 Å². The molecule has 0 fully saturated rings.